The van der Waals surface area contributed by atoms with Crippen molar-refractivity contribution in [3.8, 4) is 11.4 Å². The van der Waals surface area contributed by atoms with Crippen molar-refractivity contribution in [2.75, 3.05) is 11.9 Å². The molecule has 0 aromatic carbocycles. The van der Waals surface area contributed by atoms with Crippen molar-refractivity contribution in [3.63, 3.8) is 0 Å². The number of hydrogen-bond donors (Lipinski definition) is 3. The van der Waals surface area contributed by atoms with E-state index in [9.17, 15) is 0 Å². The van der Waals surface area contributed by atoms with Gasteiger partial charge in [-0.3, -0.25) is 4.99 Å². The molecule has 0 bridgehead atoms. The highest BCUT2D eigenvalue weighted by molar-refractivity contribution is 7.14. The van der Waals surface area contributed by atoms with Gasteiger partial charge in [-0.2, -0.15) is 0 Å². The third kappa shape index (κ3) is 7.63. The first-order valence-corrected chi connectivity index (χ1v) is 7.79. The summed E-state index contributed by atoms with van der Waals surface area (Å²) in [4.78, 5) is 13.1. The quantitative estimate of drug-likeness (QED) is 0.382. The Morgan fingerprint density at radius 2 is 1.96 bits per heavy atom. The van der Waals surface area contributed by atoms with Gasteiger partial charge in [-0.25, -0.2) is 9.97 Å². The van der Waals surface area contributed by atoms with Crippen LogP contribution in [-0.4, -0.2) is 22.5 Å². The Morgan fingerprint density at radius 1 is 1.21 bits per heavy atom. The topological polar surface area (TPSA) is 102 Å². The van der Waals surface area contributed by atoms with E-state index < -0.39 is 0 Å². The highest BCUT2D eigenvalue weighted by Gasteiger charge is 2.07. The summed E-state index contributed by atoms with van der Waals surface area (Å²) in [6.07, 6.45) is 2.13. The Kier molecular flexibility index (Phi) is 13.8. The van der Waals surface area contributed by atoms with Crippen LogP contribution in [0.1, 0.15) is 25.5 Å². The first-order chi connectivity index (χ1) is 10.2. The molecule has 10 heteroatoms. The number of hydrogen-bond acceptors (Lipinski definition) is 5. The van der Waals surface area contributed by atoms with E-state index in [1.165, 1.54) is 11.3 Å². The fourth-order valence-corrected chi connectivity index (χ4v) is 2.40. The molecule has 0 aliphatic carbocycles. The second kappa shape index (κ2) is 13.2. The third-order valence-electron chi connectivity index (χ3n) is 2.81. The van der Waals surface area contributed by atoms with Gasteiger partial charge in [0.25, 0.3) is 0 Å². The van der Waals surface area contributed by atoms with Gasteiger partial charge in [0, 0.05) is 18.5 Å². The lowest BCUT2D eigenvalue weighted by atomic mass is 10.2. The molecule has 0 aliphatic heterocycles. The number of anilines is 1. The molecule has 0 spiro atoms. The number of thiazole rings is 1. The van der Waals surface area contributed by atoms with Crippen molar-refractivity contribution in [3.05, 3.63) is 29.3 Å². The van der Waals surface area contributed by atoms with Gasteiger partial charge in [-0.15, -0.1) is 48.6 Å². The Labute approximate surface area is 164 Å². The fraction of sp³-hybridized carbons (Fsp3) is 0.357. The minimum absolute atomic E-state index is 0. The van der Waals surface area contributed by atoms with Crippen LogP contribution in [0.5, 0.6) is 0 Å². The minimum Gasteiger partial charge on any atom is -0.370 e. The molecule has 5 N–H and O–H groups in total. The van der Waals surface area contributed by atoms with E-state index in [1.807, 2.05) is 23.6 Å². The number of nitrogens with two attached hydrogens (primary N) is 2. The van der Waals surface area contributed by atoms with Gasteiger partial charge < -0.3 is 16.8 Å². The van der Waals surface area contributed by atoms with E-state index in [0.29, 0.717) is 17.6 Å². The molecule has 2 rings (SSSR count). The van der Waals surface area contributed by atoms with Crippen molar-refractivity contribution >= 4 is 59.6 Å². The summed E-state index contributed by atoms with van der Waals surface area (Å²) in [5, 5.41) is 5.65. The lowest BCUT2D eigenvalue weighted by molar-refractivity contribution is 0.807. The average molecular weight is 414 g/mol. The first-order valence-electron chi connectivity index (χ1n) is 6.91. The molecule has 0 unspecified atom stereocenters. The van der Waals surface area contributed by atoms with Crippen LogP contribution in [0, 0.1) is 0 Å². The number of guanidine groups is 1. The Hall–Kier alpha value is -1.12. The van der Waals surface area contributed by atoms with Gasteiger partial charge in [0.05, 0.1) is 11.4 Å². The number of nitrogens with one attached hydrogen (secondary N) is 1. The van der Waals surface area contributed by atoms with E-state index >= 15 is 0 Å². The van der Waals surface area contributed by atoms with Crippen LogP contribution in [0.3, 0.4) is 0 Å². The number of unbranched alkanes of at least 4 members (excludes halogenated alkanes) is 1. The smallest absolute Gasteiger partial charge is 0.194 e. The summed E-state index contributed by atoms with van der Waals surface area (Å²) in [7, 11) is 0. The summed E-state index contributed by atoms with van der Waals surface area (Å²) in [6, 6.07) is 5.74. The van der Waals surface area contributed by atoms with E-state index in [0.717, 1.165) is 36.5 Å². The number of nitrogens with zero attached hydrogens (tertiary/aromatic N) is 3. The van der Waals surface area contributed by atoms with E-state index in [4.69, 9.17) is 11.5 Å². The first kappa shape index (κ1) is 25.1. The average Bonchev–Trinajstić information content (AvgIpc) is 2.96. The lowest BCUT2D eigenvalue weighted by Gasteiger charge is -2.01. The molecule has 2 aromatic rings. The van der Waals surface area contributed by atoms with Crippen LogP contribution in [0.25, 0.3) is 11.4 Å². The summed E-state index contributed by atoms with van der Waals surface area (Å²) in [5.74, 6) is 0.396. The molecule has 0 saturated carbocycles. The molecule has 0 radical (unpaired) electrons. The zero-order chi connectivity index (χ0) is 15.1. The lowest BCUT2D eigenvalue weighted by Crippen LogP contribution is -2.22. The number of halogens is 3. The largest absolute Gasteiger partial charge is 0.370 e. The summed E-state index contributed by atoms with van der Waals surface area (Å²) >= 11 is 1.47. The molecule has 24 heavy (non-hydrogen) atoms. The zero-order valence-electron chi connectivity index (χ0n) is 13.3. The molecule has 0 aliphatic rings. The Morgan fingerprint density at radius 3 is 2.62 bits per heavy atom. The highest BCUT2D eigenvalue weighted by Crippen LogP contribution is 2.23. The molecule has 136 valence electrons. The van der Waals surface area contributed by atoms with Gasteiger partial charge in [0.2, 0.25) is 0 Å². The summed E-state index contributed by atoms with van der Waals surface area (Å²) in [6.45, 7) is 3.27. The van der Waals surface area contributed by atoms with E-state index in [2.05, 4.69) is 27.2 Å². The van der Waals surface area contributed by atoms with Gasteiger partial charge in [0.15, 0.2) is 11.1 Å². The van der Waals surface area contributed by atoms with Gasteiger partial charge in [0.1, 0.15) is 5.69 Å². The number of aromatic nitrogens is 2. The van der Waals surface area contributed by atoms with Crippen LogP contribution in [0.4, 0.5) is 5.13 Å². The standard InChI is InChI=1S/C14H20N6S.3ClH/c1-2-3-7-17-13(16)20-14-19-12(9-21-14)11-6-4-5-10(8-15)18-11;;;/h4-6,9H,2-3,7-8,15H2,1H3,(H3,16,17,19,20);3*1H. The Balaban J connectivity index is 0. The van der Waals surface area contributed by atoms with Gasteiger partial charge >= 0.3 is 0 Å². The molecular weight excluding hydrogens is 391 g/mol. The van der Waals surface area contributed by atoms with Crippen LogP contribution >= 0.6 is 48.6 Å². The molecule has 0 atom stereocenters. The number of aliphatic imine (C=N–C) groups is 1. The Bertz CT molecular complexity index is 620. The SMILES string of the molecule is CCCCN=C(N)Nc1nc(-c2cccc(CN)n2)cs1.Cl.Cl.Cl. The van der Waals surface area contributed by atoms with E-state index in [1.54, 1.807) is 0 Å². The van der Waals surface area contributed by atoms with E-state index in [-0.39, 0.29) is 37.2 Å². The maximum atomic E-state index is 5.81. The maximum absolute atomic E-state index is 5.81. The van der Waals surface area contributed by atoms with Gasteiger partial charge in [-0.05, 0) is 18.6 Å². The molecule has 0 fully saturated rings. The normalized spacial score (nSPS) is 10.2. The van der Waals surface area contributed by atoms with Crippen molar-refractivity contribution in [1.29, 1.82) is 0 Å². The fourth-order valence-electron chi connectivity index (χ4n) is 1.69. The van der Waals surface area contributed by atoms with Crippen LogP contribution < -0.4 is 16.8 Å². The van der Waals surface area contributed by atoms with Crippen molar-refractivity contribution < 1.29 is 0 Å². The minimum atomic E-state index is 0. The van der Waals surface area contributed by atoms with Crippen molar-refractivity contribution in [2.45, 2.75) is 26.3 Å². The maximum Gasteiger partial charge on any atom is 0.194 e. The molecule has 2 aromatic heterocycles. The van der Waals surface area contributed by atoms with Crippen molar-refractivity contribution in [1.82, 2.24) is 9.97 Å². The van der Waals surface area contributed by atoms with Gasteiger partial charge in [-0.1, -0.05) is 19.4 Å². The third-order valence-corrected chi connectivity index (χ3v) is 3.57. The molecule has 0 saturated heterocycles. The predicted molar refractivity (Wildman–Crippen MR) is 110 cm³/mol. The van der Waals surface area contributed by atoms with Crippen LogP contribution in [0.15, 0.2) is 28.6 Å². The monoisotopic (exact) mass is 412 g/mol. The second-order valence-electron chi connectivity index (χ2n) is 4.50. The number of rotatable bonds is 6. The summed E-state index contributed by atoms with van der Waals surface area (Å²) < 4.78 is 0. The molecule has 2 heterocycles. The molecule has 0 amide bonds. The van der Waals surface area contributed by atoms with Crippen LogP contribution in [-0.2, 0) is 6.54 Å². The predicted octanol–water partition coefficient (Wildman–Crippen LogP) is 3.46. The highest BCUT2D eigenvalue weighted by atomic mass is 35.5. The number of pyridine rings is 1. The second-order valence-corrected chi connectivity index (χ2v) is 5.36. The van der Waals surface area contributed by atoms with Crippen LogP contribution in [0.2, 0.25) is 0 Å². The molecule has 6 nitrogen and oxygen atoms in total. The molecular formula is C14H23Cl3N6S. The summed E-state index contributed by atoms with van der Waals surface area (Å²) in [5.41, 5.74) is 13.9. The zero-order valence-corrected chi connectivity index (χ0v) is 16.5. The van der Waals surface area contributed by atoms with Crippen molar-refractivity contribution in [2.24, 2.45) is 16.5 Å².